The van der Waals surface area contributed by atoms with Crippen LogP contribution in [0.2, 0.25) is 0 Å². The van der Waals surface area contributed by atoms with Crippen LogP contribution in [0.25, 0.3) is 5.76 Å². The van der Waals surface area contributed by atoms with E-state index in [0.29, 0.717) is 31.0 Å². The molecule has 1 amide bonds. The summed E-state index contributed by atoms with van der Waals surface area (Å²) in [6.45, 7) is 1.44. The van der Waals surface area contributed by atoms with Crippen LogP contribution in [-0.4, -0.2) is 53.8 Å². The van der Waals surface area contributed by atoms with Gasteiger partial charge in [0.05, 0.1) is 11.6 Å². The Morgan fingerprint density at radius 2 is 1.76 bits per heavy atom. The summed E-state index contributed by atoms with van der Waals surface area (Å²) in [5.41, 5.74) is 1.64. The molecular formula is C26H26N2O4S. The number of likely N-dealkylation sites (N-methyl/N-ethyl adjacent to an activating group) is 1. The number of carbonyl (C=O) groups excluding carboxylic acids is 2. The summed E-state index contributed by atoms with van der Waals surface area (Å²) in [6.07, 6.45) is 0. The Kier molecular flexibility index (Phi) is 6.91. The van der Waals surface area contributed by atoms with Gasteiger partial charge in [0.15, 0.2) is 0 Å². The number of aliphatic hydroxyl groups excluding tert-OH is 1. The first kappa shape index (κ1) is 22.8. The van der Waals surface area contributed by atoms with Crippen LogP contribution in [0.15, 0.2) is 77.7 Å². The molecule has 3 aromatic rings. The molecule has 1 saturated heterocycles. The van der Waals surface area contributed by atoms with E-state index >= 15 is 0 Å². The van der Waals surface area contributed by atoms with E-state index in [1.807, 2.05) is 66.8 Å². The maximum atomic E-state index is 13.0. The first-order valence-electron chi connectivity index (χ1n) is 10.7. The van der Waals surface area contributed by atoms with E-state index in [1.165, 1.54) is 11.3 Å². The fraction of sp³-hybridized carbons (Fsp3) is 0.231. The number of thiophene rings is 1. The number of Topliss-reactive ketones (excluding diaryl/α,β-unsaturated/α-hetero) is 1. The van der Waals surface area contributed by atoms with Gasteiger partial charge in [-0.05, 0) is 55.4 Å². The topological polar surface area (TPSA) is 70.1 Å². The Hall–Kier alpha value is -3.42. The van der Waals surface area contributed by atoms with Gasteiger partial charge in [0, 0.05) is 23.5 Å². The maximum Gasteiger partial charge on any atom is 0.295 e. The number of amides is 1. The van der Waals surface area contributed by atoms with Gasteiger partial charge in [-0.15, -0.1) is 11.3 Å². The van der Waals surface area contributed by atoms with Crippen molar-refractivity contribution in [3.05, 3.63) is 93.7 Å². The highest BCUT2D eigenvalue weighted by Gasteiger charge is 2.46. The third-order valence-corrected chi connectivity index (χ3v) is 6.44. The van der Waals surface area contributed by atoms with Gasteiger partial charge in [0.2, 0.25) is 0 Å². The second kappa shape index (κ2) is 10.0. The molecule has 7 heteroatoms. The van der Waals surface area contributed by atoms with Crippen LogP contribution in [0.3, 0.4) is 0 Å². The molecule has 1 atom stereocenters. The number of hydrogen-bond donors (Lipinski definition) is 1. The molecule has 33 heavy (non-hydrogen) atoms. The first-order valence-corrected chi connectivity index (χ1v) is 11.6. The Bertz CT molecular complexity index is 1140. The number of rotatable bonds is 8. The summed E-state index contributed by atoms with van der Waals surface area (Å²) >= 11 is 1.46. The maximum absolute atomic E-state index is 13.0. The van der Waals surface area contributed by atoms with E-state index in [0.717, 1.165) is 10.4 Å². The Morgan fingerprint density at radius 1 is 1.03 bits per heavy atom. The highest BCUT2D eigenvalue weighted by Crippen LogP contribution is 2.41. The van der Waals surface area contributed by atoms with E-state index in [9.17, 15) is 14.7 Å². The lowest BCUT2D eigenvalue weighted by atomic mass is 10.00. The highest BCUT2D eigenvalue weighted by atomic mass is 32.1. The molecule has 0 spiro atoms. The summed E-state index contributed by atoms with van der Waals surface area (Å²) in [5.74, 6) is -0.765. The second-order valence-electron chi connectivity index (χ2n) is 8.11. The predicted molar refractivity (Wildman–Crippen MR) is 129 cm³/mol. The number of hydrogen-bond acceptors (Lipinski definition) is 6. The summed E-state index contributed by atoms with van der Waals surface area (Å²) in [4.78, 5) is 30.2. The van der Waals surface area contributed by atoms with Gasteiger partial charge in [-0.25, -0.2) is 0 Å². The average molecular weight is 463 g/mol. The number of aliphatic hydroxyl groups is 1. The smallest absolute Gasteiger partial charge is 0.295 e. The van der Waals surface area contributed by atoms with Crippen LogP contribution in [-0.2, 0) is 16.2 Å². The van der Waals surface area contributed by atoms with E-state index in [1.54, 1.807) is 29.2 Å². The monoisotopic (exact) mass is 462 g/mol. The molecule has 2 aromatic carbocycles. The molecule has 0 unspecified atom stereocenters. The summed E-state index contributed by atoms with van der Waals surface area (Å²) in [7, 11) is 3.83. The third kappa shape index (κ3) is 4.99. The van der Waals surface area contributed by atoms with Crippen molar-refractivity contribution in [3.63, 3.8) is 0 Å². The molecule has 1 N–H and O–H groups in total. The molecule has 0 saturated carbocycles. The van der Waals surface area contributed by atoms with Crippen LogP contribution >= 0.6 is 11.3 Å². The van der Waals surface area contributed by atoms with Crippen LogP contribution in [0.5, 0.6) is 5.75 Å². The van der Waals surface area contributed by atoms with Crippen LogP contribution in [0.4, 0.5) is 0 Å². The van der Waals surface area contributed by atoms with Crippen molar-refractivity contribution >= 4 is 28.8 Å². The zero-order chi connectivity index (χ0) is 23.4. The fourth-order valence-corrected chi connectivity index (χ4v) is 4.61. The number of nitrogens with zero attached hydrogens (tertiary/aromatic N) is 2. The predicted octanol–water partition coefficient (Wildman–Crippen LogP) is 4.31. The highest BCUT2D eigenvalue weighted by molar-refractivity contribution is 7.10. The molecule has 0 aliphatic carbocycles. The number of ketones is 1. The van der Waals surface area contributed by atoms with E-state index < -0.39 is 17.7 Å². The lowest BCUT2D eigenvalue weighted by Crippen LogP contribution is -2.35. The molecule has 1 fully saturated rings. The van der Waals surface area contributed by atoms with E-state index in [4.69, 9.17) is 4.74 Å². The van der Waals surface area contributed by atoms with Crippen molar-refractivity contribution in [2.75, 3.05) is 27.2 Å². The molecule has 2 heterocycles. The van der Waals surface area contributed by atoms with Crippen LogP contribution in [0, 0.1) is 0 Å². The van der Waals surface area contributed by atoms with Crippen molar-refractivity contribution in [2.24, 2.45) is 0 Å². The minimum Gasteiger partial charge on any atom is -0.507 e. The van der Waals surface area contributed by atoms with Crippen molar-refractivity contribution in [1.29, 1.82) is 0 Å². The number of likely N-dealkylation sites (tertiary alicyclic amines) is 1. The summed E-state index contributed by atoms with van der Waals surface area (Å²) < 4.78 is 5.81. The third-order valence-electron chi connectivity index (χ3n) is 5.52. The van der Waals surface area contributed by atoms with Crippen LogP contribution < -0.4 is 4.74 Å². The van der Waals surface area contributed by atoms with Gasteiger partial charge in [-0.3, -0.25) is 9.59 Å². The standard InChI is InChI=1S/C26H26N2O4S/c1-27(2)14-15-28-23(21-9-6-16-33-21)22(25(30)26(28)31)24(29)19-10-12-20(13-11-19)32-17-18-7-4-3-5-8-18/h3-13,16,23,29H,14-15,17H2,1-2H3/b24-22+/t23-/m0/s1. The minimum atomic E-state index is -0.658. The van der Waals surface area contributed by atoms with Gasteiger partial charge in [0.1, 0.15) is 18.1 Å². The van der Waals surface area contributed by atoms with Gasteiger partial charge in [-0.1, -0.05) is 36.4 Å². The minimum absolute atomic E-state index is 0.124. The normalized spacial score (nSPS) is 17.7. The number of carbonyl (C=O) groups is 2. The summed E-state index contributed by atoms with van der Waals surface area (Å²) in [6, 6.07) is 19.9. The molecule has 0 bridgehead atoms. The van der Waals surface area contributed by atoms with Crippen molar-refractivity contribution in [1.82, 2.24) is 9.80 Å². The lowest BCUT2D eigenvalue weighted by molar-refractivity contribution is -0.140. The van der Waals surface area contributed by atoms with Crippen molar-refractivity contribution in [3.8, 4) is 5.75 Å². The van der Waals surface area contributed by atoms with Gasteiger partial charge < -0.3 is 19.6 Å². The zero-order valence-corrected chi connectivity index (χ0v) is 19.4. The fourth-order valence-electron chi connectivity index (χ4n) is 3.77. The van der Waals surface area contributed by atoms with Gasteiger partial charge in [-0.2, -0.15) is 0 Å². The zero-order valence-electron chi connectivity index (χ0n) is 18.6. The Balaban J connectivity index is 1.61. The quantitative estimate of drug-likeness (QED) is 0.307. The number of ether oxygens (including phenoxy) is 1. The molecule has 6 nitrogen and oxygen atoms in total. The first-order chi connectivity index (χ1) is 16.0. The summed E-state index contributed by atoms with van der Waals surface area (Å²) in [5, 5.41) is 13.0. The molecule has 4 rings (SSSR count). The Morgan fingerprint density at radius 3 is 2.39 bits per heavy atom. The molecule has 1 aliphatic rings. The average Bonchev–Trinajstić information content (AvgIpc) is 3.44. The van der Waals surface area contributed by atoms with Crippen molar-refractivity contribution in [2.45, 2.75) is 12.6 Å². The van der Waals surface area contributed by atoms with Gasteiger partial charge in [0.25, 0.3) is 11.7 Å². The molecule has 0 radical (unpaired) electrons. The molecular weight excluding hydrogens is 436 g/mol. The van der Waals surface area contributed by atoms with Crippen molar-refractivity contribution < 1.29 is 19.4 Å². The van der Waals surface area contributed by atoms with E-state index in [-0.39, 0.29) is 11.3 Å². The molecule has 170 valence electrons. The SMILES string of the molecule is CN(C)CCN1C(=O)C(=O)/C(=C(/O)c2ccc(OCc3ccccc3)cc2)[C@@H]1c1cccs1. The molecule has 1 aliphatic heterocycles. The van der Waals surface area contributed by atoms with Gasteiger partial charge >= 0.3 is 0 Å². The largest absolute Gasteiger partial charge is 0.507 e. The second-order valence-corrected chi connectivity index (χ2v) is 9.09. The Labute approximate surface area is 197 Å². The lowest BCUT2D eigenvalue weighted by Gasteiger charge is -2.25. The number of benzene rings is 2. The molecule has 1 aromatic heterocycles. The van der Waals surface area contributed by atoms with Crippen LogP contribution in [0.1, 0.15) is 22.0 Å². The van der Waals surface area contributed by atoms with E-state index in [2.05, 4.69) is 0 Å².